The summed E-state index contributed by atoms with van der Waals surface area (Å²) in [6.07, 6.45) is 2.62. The first-order chi connectivity index (χ1) is 9.20. The number of benzene rings is 1. The lowest BCUT2D eigenvalue weighted by Crippen LogP contribution is -2.12. The van der Waals surface area contributed by atoms with Crippen molar-refractivity contribution in [3.63, 3.8) is 0 Å². The third-order valence-corrected chi connectivity index (χ3v) is 2.79. The molecule has 0 saturated heterocycles. The summed E-state index contributed by atoms with van der Waals surface area (Å²) in [6, 6.07) is 8.66. The van der Waals surface area contributed by atoms with Crippen molar-refractivity contribution in [1.82, 2.24) is 4.98 Å². The second-order valence-corrected chi connectivity index (χ2v) is 4.44. The average molecular weight is 279 g/mol. The summed E-state index contributed by atoms with van der Waals surface area (Å²) in [4.78, 5) is 14.7. The standard InChI is InChI=1S/C14H15ClN2O2/c1-2-8-19-13-6-5-10(9-11(13)15)17-14(18)12-4-3-7-16-12/h3-7,9,16H,2,8H2,1H3,(H,17,18). The molecule has 2 rings (SSSR count). The number of hydrogen-bond donors (Lipinski definition) is 2. The van der Waals surface area contributed by atoms with Gasteiger partial charge in [-0.3, -0.25) is 4.79 Å². The molecule has 19 heavy (non-hydrogen) atoms. The predicted molar refractivity (Wildman–Crippen MR) is 76.0 cm³/mol. The van der Waals surface area contributed by atoms with E-state index in [1.165, 1.54) is 0 Å². The van der Waals surface area contributed by atoms with E-state index in [1.807, 2.05) is 6.92 Å². The van der Waals surface area contributed by atoms with Crippen LogP contribution in [0.25, 0.3) is 0 Å². The van der Waals surface area contributed by atoms with Gasteiger partial charge >= 0.3 is 0 Å². The van der Waals surface area contributed by atoms with E-state index in [-0.39, 0.29) is 5.91 Å². The Morgan fingerprint density at radius 3 is 2.89 bits per heavy atom. The van der Waals surface area contributed by atoms with Crippen LogP contribution in [-0.2, 0) is 0 Å². The molecule has 0 fully saturated rings. The molecular weight excluding hydrogens is 264 g/mol. The molecule has 1 aromatic heterocycles. The number of amides is 1. The summed E-state index contributed by atoms with van der Waals surface area (Å²) in [7, 11) is 0. The SMILES string of the molecule is CCCOc1ccc(NC(=O)c2ccc[nH]2)cc1Cl. The van der Waals surface area contributed by atoms with Gasteiger partial charge in [0, 0.05) is 11.9 Å². The Bertz CT molecular complexity index is 553. The second kappa shape index (κ2) is 6.29. The number of ether oxygens (including phenoxy) is 1. The molecule has 1 aromatic carbocycles. The van der Waals surface area contributed by atoms with Gasteiger partial charge in [0.05, 0.1) is 11.6 Å². The zero-order valence-corrected chi connectivity index (χ0v) is 11.3. The van der Waals surface area contributed by atoms with Crippen molar-refractivity contribution in [1.29, 1.82) is 0 Å². The monoisotopic (exact) mass is 278 g/mol. The Hall–Kier alpha value is -1.94. The Labute approximate surface area is 116 Å². The Kier molecular flexibility index (Phi) is 4.47. The van der Waals surface area contributed by atoms with E-state index in [0.717, 1.165) is 6.42 Å². The summed E-state index contributed by atoms with van der Waals surface area (Å²) < 4.78 is 5.47. The van der Waals surface area contributed by atoms with Gasteiger partial charge in [-0.05, 0) is 36.8 Å². The molecule has 0 atom stereocenters. The van der Waals surface area contributed by atoms with E-state index < -0.39 is 0 Å². The molecule has 1 amide bonds. The van der Waals surface area contributed by atoms with Crippen molar-refractivity contribution in [2.24, 2.45) is 0 Å². The van der Waals surface area contributed by atoms with Crippen LogP contribution in [0, 0.1) is 0 Å². The van der Waals surface area contributed by atoms with Crippen molar-refractivity contribution in [3.8, 4) is 5.75 Å². The molecule has 0 aliphatic carbocycles. The van der Waals surface area contributed by atoms with Crippen LogP contribution in [0.3, 0.4) is 0 Å². The molecule has 1 heterocycles. The Balaban J connectivity index is 2.05. The quantitative estimate of drug-likeness (QED) is 0.876. The van der Waals surface area contributed by atoms with Crippen molar-refractivity contribution in [3.05, 3.63) is 47.2 Å². The highest BCUT2D eigenvalue weighted by Gasteiger charge is 2.08. The van der Waals surface area contributed by atoms with Gasteiger partial charge in [0.2, 0.25) is 0 Å². The van der Waals surface area contributed by atoms with Crippen molar-refractivity contribution in [2.75, 3.05) is 11.9 Å². The minimum absolute atomic E-state index is 0.205. The highest BCUT2D eigenvalue weighted by Crippen LogP contribution is 2.27. The molecule has 0 saturated carbocycles. The number of aromatic amines is 1. The molecular formula is C14H15ClN2O2. The van der Waals surface area contributed by atoms with Crippen LogP contribution in [0.1, 0.15) is 23.8 Å². The maximum atomic E-state index is 11.8. The maximum absolute atomic E-state index is 11.8. The summed E-state index contributed by atoms with van der Waals surface area (Å²) >= 11 is 6.09. The fraction of sp³-hybridized carbons (Fsp3) is 0.214. The lowest BCUT2D eigenvalue weighted by atomic mass is 10.3. The molecule has 0 radical (unpaired) electrons. The molecule has 2 aromatic rings. The minimum atomic E-state index is -0.205. The fourth-order valence-corrected chi connectivity index (χ4v) is 1.81. The van der Waals surface area contributed by atoms with Gasteiger partial charge in [0.15, 0.2) is 0 Å². The van der Waals surface area contributed by atoms with Gasteiger partial charge in [0.25, 0.3) is 5.91 Å². The van der Waals surface area contributed by atoms with Crippen LogP contribution in [0.2, 0.25) is 5.02 Å². The van der Waals surface area contributed by atoms with Gasteiger partial charge in [0.1, 0.15) is 11.4 Å². The van der Waals surface area contributed by atoms with E-state index in [4.69, 9.17) is 16.3 Å². The topological polar surface area (TPSA) is 54.1 Å². The van der Waals surface area contributed by atoms with E-state index in [2.05, 4.69) is 10.3 Å². The first-order valence-corrected chi connectivity index (χ1v) is 6.45. The largest absolute Gasteiger partial charge is 0.492 e. The third-order valence-electron chi connectivity index (χ3n) is 2.49. The van der Waals surface area contributed by atoms with Gasteiger partial charge in [-0.2, -0.15) is 0 Å². The van der Waals surface area contributed by atoms with Crippen LogP contribution in [0.15, 0.2) is 36.5 Å². The van der Waals surface area contributed by atoms with E-state index in [9.17, 15) is 4.79 Å². The van der Waals surface area contributed by atoms with Crippen LogP contribution >= 0.6 is 11.6 Å². The average Bonchev–Trinajstić information content (AvgIpc) is 2.92. The molecule has 2 N–H and O–H groups in total. The molecule has 4 nitrogen and oxygen atoms in total. The van der Waals surface area contributed by atoms with Crippen molar-refractivity contribution in [2.45, 2.75) is 13.3 Å². The highest BCUT2D eigenvalue weighted by molar-refractivity contribution is 6.32. The first kappa shape index (κ1) is 13.5. The van der Waals surface area contributed by atoms with Crippen LogP contribution < -0.4 is 10.1 Å². The normalized spacial score (nSPS) is 10.2. The van der Waals surface area contributed by atoms with Gasteiger partial charge < -0.3 is 15.0 Å². The minimum Gasteiger partial charge on any atom is -0.492 e. The first-order valence-electron chi connectivity index (χ1n) is 6.08. The van der Waals surface area contributed by atoms with E-state index in [1.54, 1.807) is 36.5 Å². The van der Waals surface area contributed by atoms with Gasteiger partial charge in [-0.1, -0.05) is 18.5 Å². The summed E-state index contributed by atoms with van der Waals surface area (Å²) in [6.45, 7) is 2.65. The number of anilines is 1. The lowest BCUT2D eigenvalue weighted by Gasteiger charge is -2.09. The van der Waals surface area contributed by atoms with E-state index in [0.29, 0.717) is 28.8 Å². The smallest absolute Gasteiger partial charge is 0.272 e. The number of rotatable bonds is 5. The molecule has 0 bridgehead atoms. The maximum Gasteiger partial charge on any atom is 0.272 e. The number of halogens is 1. The number of nitrogens with one attached hydrogen (secondary N) is 2. The Morgan fingerprint density at radius 1 is 1.42 bits per heavy atom. The number of hydrogen-bond acceptors (Lipinski definition) is 2. The molecule has 0 spiro atoms. The van der Waals surface area contributed by atoms with Gasteiger partial charge in [-0.25, -0.2) is 0 Å². The molecule has 0 aliphatic heterocycles. The number of aromatic nitrogens is 1. The van der Waals surface area contributed by atoms with Crippen LogP contribution in [0.4, 0.5) is 5.69 Å². The molecule has 0 unspecified atom stereocenters. The molecule has 5 heteroatoms. The second-order valence-electron chi connectivity index (χ2n) is 4.03. The molecule has 100 valence electrons. The zero-order chi connectivity index (χ0) is 13.7. The van der Waals surface area contributed by atoms with Gasteiger partial charge in [-0.15, -0.1) is 0 Å². The lowest BCUT2D eigenvalue weighted by molar-refractivity contribution is 0.102. The fourth-order valence-electron chi connectivity index (χ4n) is 1.58. The third kappa shape index (κ3) is 3.51. The summed E-state index contributed by atoms with van der Waals surface area (Å²) in [5.74, 6) is 0.421. The van der Waals surface area contributed by atoms with Crippen LogP contribution in [-0.4, -0.2) is 17.5 Å². The number of H-pyrrole nitrogens is 1. The summed E-state index contributed by atoms with van der Waals surface area (Å²) in [5, 5.41) is 3.24. The number of carbonyl (C=O) groups excluding carboxylic acids is 1. The zero-order valence-electron chi connectivity index (χ0n) is 10.6. The Morgan fingerprint density at radius 2 is 2.26 bits per heavy atom. The van der Waals surface area contributed by atoms with Crippen LogP contribution in [0.5, 0.6) is 5.75 Å². The highest BCUT2D eigenvalue weighted by atomic mass is 35.5. The van der Waals surface area contributed by atoms with Crippen molar-refractivity contribution < 1.29 is 9.53 Å². The summed E-state index contributed by atoms with van der Waals surface area (Å²) in [5.41, 5.74) is 1.14. The van der Waals surface area contributed by atoms with E-state index >= 15 is 0 Å². The predicted octanol–water partition coefficient (Wildman–Crippen LogP) is 3.71. The van der Waals surface area contributed by atoms with Crippen molar-refractivity contribution >= 4 is 23.2 Å². The molecule has 0 aliphatic rings. The number of carbonyl (C=O) groups is 1.